The molecule has 17 heavy (non-hydrogen) atoms. The maximum atomic E-state index is 11.9. The molecule has 0 fully saturated rings. The molecule has 1 unspecified atom stereocenters. The largest absolute Gasteiger partial charge is 0.326 e. The first-order chi connectivity index (χ1) is 8.04. The smallest absolute Gasteiger partial charge is 0.228 e. The van der Waals surface area contributed by atoms with Gasteiger partial charge >= 0.3 is 0 Å². The van der Waals surface area contributed by atoms with Gasteiger partial charge in [0, 0.05) is 18.2 Å². The summed E-state index contributed by atoms with van der Waals surface area (Å²) in [4.78, 5) is 11.9. The molecular weight excluding hydrogens is 212 g/mol. The van der Waals surface area contributed by atoms with Crippen molar-refractivity contribution in [2.24, 2.45) is 5.92 Å². The molecule has 0 spiro atoms. The van der Waals surface area contributed by atoms with Gasteiger partial charge in [0.05, 0.1) is 0 Å². The Hall–Kier alpha value is -1.35. The second-order valence-electron chi connectivity index (χ2n) is 4.52. The van der Waals surface area contributed by atoms with Crippen molar-refractivity contribution in [3.05, 3.63) is 29.3 Å². The van der Waals surface area contributed by atoms with Crippen LogP contribution in [-0.2, 0) is 4.79 Å². The Balaban J connectivity index is 2.64. The first kappa shape index (κ1) is 13.7. The monoisotopic (exact) mass is 234 g/mol. The van der Waals surface area contributed by atoms with Gasteiger partial charge in [-0.05, 0) is 37.6 Å². The molecule has 0 radical (unpaired) electrons. The summed E-state index contributed by atoms with van der Waals surface area (Å²) in [7, 11) is 0. The molecule has 0 aromatic heterocycles. The first-order valence-electron chi connectivity index (χ1n) is 6.13. The molecule has 1 rings (SSSR count). The summed E-state index contributed by atoms with van der Waals surface area (Å²) in [6, 6.07) is 6.08. The highest BCUT2D eigenvalue weighted by molar-refractivity contribution is 5.93. The van der Waals surface area contributed by atoms with Crippen LogP contribution in [0.4, 0.5) is 5.69 Å². The van der Waals surface area contributed by atoms with Crippen molar-refractivity contribution in [1.29, 1.82) is 0 Å². The van der Waals surface area contributed by atoms with Crippen molar-refractivity contribution >= 4 is 11.6 Å². The van der Waals surface area contributed by atoms with E-state index in [4.69, 9.17) is 0 Å². The lowest BCUT2D eigenvalue weighted by Crippen LogP contribution is -2.30. The molecule has 0 aliphatic heterocycles. The molecule has 0 bridgehead atoms. The fraction of sp³-hybridized carbons (Fsp3) is 0.500. The summed E-state index contributed by atoms with van der Waals surface area (Å²) in [5, 5.41) is 6.16. The number of hydrogen-bond donors (Lipinski definition) is 2. The van der Waals surface area contributed by atoms with Gasteiger partial charge in [0.2, 0.25) is 5.91 Å². The minimum atomic E-state index is -0.0186. The maximum absolute atomic E-state index is 11.9. The minimum absolute atomic E-state index is 0.0186. The molecule has 1 atom stereocenters. The Labute approximate surface area is 104 Å². The van der Waals surface area contributed by atoms with Gasteiger partial charge in [-0.1, -0.05) is 26.0 Å². The zero-order chi connectivity index (χ0) is 12.8. The predicted octanol–water partition coefficient (Wildman–Crippen LogP) is 2.49. The Morgan fingerprint density at radius 3 is 2.71 bits per heavy atom. The third-order valence-corrected chi connectivity index (χ3v) is 2.80. The molecule has 1 aromatic carbocycles. The van der Waals surface area contributed by atoms with Crippen LogP contribution in [0, 0.1) is 19.8 Å². The van der Waals surface area contributed by atoms with E-state index in [2.05, 4.69) is 10.6 Å². The number of rotatable bonds is 5. The van der Waals surface area contributed by atoms with Gasteiger partial charge < -0.3 is 10.6 Å². The van der Waals surface area contributed by atoms with E-state index in [1.54, 1.807) is 0 Å². The topological polar surface area (TPSA) is 41.1 Å². The number of hydrogen-bond acceptors (Lipinski definition) is 2. The lowest BCUT2D eigenvalue weighted by atomic mass is 10.1. The molecule has 3 nitrogen and oxygen atoms in total. The van der Waals surface area contributed by atoms with Gasteiger partial charge in [-0.2, -0.15) is 0 Å². The van der Waals surface area contributed by atoms with Crippen LogP contribution in [0.3, 0.4) is 0 Å². The fourth-order valence-corrected chi connectivity index (χ4v) is 1.58. The first-order valence-corrected chi connectivity index (χ1v) is 6.13. The molecule has 0 saturated carbocycles. The number of carbonyl (C=O) groups excluding carboxylic acids is 1. The normalized spacial score (nSPS) is 12.2. The molecule has 0 aliphatic rings. The van der Waals surface area contributed by atoms with Crippen LogP contribution in [0.2, 0.25) is 0 Å². The maximum Gasteiger partial charge on any atom is 0.228 e. The number of nitrogens with one attached hydrogen (secondary N) is 2. The molecule has 0 heterocycles. The summed E-state index contributed by atoms with van der Waals surface area (Å²) in [5.41, 5.74) is 3.17. The summed E-state index contributed by atoms with van der Waals surface area (Å²) >= 11 is 0. The summed E-state index contributed by atoms with van der Waals surface area (Å²) in [6.07, 6.45) is 0. The van der Waals surface area contributed by atoms with Crippen molar-refractivity contribution < 1.29 is 4.79 Å². The lowest BCUT2D eigenvalue weighted by molar-refractivity contribution is -0.119. The minimum Gasteiger partial charge on any atom is -0.326 e. The van der Waals surface area contributed by atoms with Crippen molar-refractivity contribution in [3.8, 4) is 0 Å². The SMILES string of the molecule is CCNCC(C)C(=O)Nc1cc(C)ccc1C. The lowest BCUT2D eigenvalue weighted by Gasteiger charge is -2.14. The van der Waals surface area contributed by atoms with Crippen molar-refractivity contribution in [2.75, 3.05) is 18.4 Å². The number of anilines is 1. The molecular formula is C14H22N2O. The van der Waals surface area contributed by atoms with E-state index in [1.807, 2.05) is 45.9 Å². The zero-order valence-electron chi connectivity index (χ0n) is 11.1. The second-order valence-corrected chi connectivity index (χ2v) is 4.52. The van der Waals surface area contributed by atoms with Crippen molar-refractivity contribution in [2.45, 2.75) is 27.7 Å². The molecule has 94 valence electrons. The van der Waals surface area contributed by atoms with E-state index in [-0.39, 0.29) is 11.8 Å². The van der Waals surface area contributed by atoms with Crippen LogP contribution in [0.5, 0.6) is 0 Å². The average Bonchev–Trinajstić information content (AvgIpc) is 2.30. The average molecular weight is 234 g/mol. The van der Waals surface area contributed by atoms with Crippen LogP contribution in [-0.4, -0.2) is 19.0 Å². The number of amides is 1. The highest BCUT2D eigenvalue weighted by Gasteiger charge is 2.13. The fourth-order valence-electron chi connectivity index (χ4n) is 1.58. The van der Waals surface area contributed by atoms with Crippen LogP contribution in [0.15, 0.2) is 18.2 Å². The quantitative estimate of drug-likeness (QED) is 0.822. The van der Waals surface area contributed by atoms with Crippen molar-refractivity contribution in [3.63, 3.8) is 0 Å². The van der Waals surface area contributed by atoms with Gasteiger partial charge in [-0.3, -0.25) is 4.79 Å². The van der Waals surface area contributed by atoms with E-state index in [9.17, 15) is 4.79 Å². The summed E-state index contributed by atoms with van der Waals surface area (Å²) < 4.78 is 0. The number of aryl methyl sites for hydroxylation is 2. The highest BCUT2D eigenvalue weighted by Crippen LogP contribution is 2.17. The van der Waals surface area contributed by atoms with Crippen molar-refractivity contribution in [1.82, 2.24) is 5.32 Å². The third-order valence-electron chi connectivity index (χ3n) is 2.80. The van der Waals surface area contributed by atoms with Gasteiger partial charge in [0.25, 0.3) is 0 Å². The van der Waals surface area contributed by atoms with E-state index >= 15 is 0 Å². The molecule has 1 amide bonds. The summed E-state index contributed by atoms with van der Waals surface area (Å²) in [5.74, 6) is 0.0505. The van der Waals surface area contributed by atoms with E-state index in [0.29, 0.717) is 6.54 Å². The van der Waals surface area contributed by atoms with Crippen LogP contribution in [0.1, 0.15) is 25.0 Å². The molecule has 1 aromatic rings. The Morgan fingerprint density at radius 1 is 1.35 bits per heavy atom. The van der Waals surface area contributed by atoms with Gasteiger partial charge in [0.15, 0.2) is 0 Å². The molecule has 0 aliphatic carbocycles. The molecule has 3 heteroatoms. The van der Waals surface area contributed by atoms with E-state index in [0.717, 1.165) is 23.4 Å². The predicted molar refractivity (Wildman–Crippen MR) is 72.3 cm³/mol. The van der Waals surface area contributed by atoms with E-state index < -0.39 is 0 Å². The highest BCUT2D eigenvalue weighted by atomic mass is 16.1. The summed E-state index contributed by atoms with van der Waals surface area (Å²) in [6.45, 7) is 9.61. The second kappa shape index (κ2) is 6.40. The number of benzene rings is 1. The van der Waals surface area contributed by atoms with Gasteiger partial charge in [-0.15, -0.1) is 0 Å². The van der Waals surface area contributed by atoms with Crippen LogP contribution < -0.4 is 10.6 Å². The van der Waals surface area contributed by atoms with Gasteiger partial charge in [-0.25, -0.2) is 0 Å². The zero-order valence-corrected chi connectivity index (χ0v) is 11.1. The van der Waals surface area contributed by atoms with Gasteiger partial charge in [0.1, 0.15) is 0 Å². The standard InChI is InChI=1S/C14H22N2O/c1-5-15-9-12(4)14(17)16-13-8-10(2)6-7-11(13)3/h6-8,12,15H,5,9H2,1-4H3,(H,16,17). The molecule has 2 N–H and O–H groups in total. The van der Waals surface area contributed by atoms with Crippen LogP contribution in [0.25, 0.3) is 0 Å². The van der Waals surface area contributed by atoms with E-state index in [1.165, 1.54) is 0 Å². The van der Waals surface area contributed by atoms with Crippen LogP contribution >= 0.6 is 0 Å². The molecule has 0 saturated heterocycles. The Kier molecular flexibility index (Phi) is 5.16. The third kappa shape index (κ3) is 4.19. The Bertz CT molecular complexity index is 388. The Morgan fingerprint density at radius 2 is 2.06 bits per heavy atom. The number of carbonyl (C=O) groups is 1.